The monoisotopic (exact) mass is 234 g/mol. The highest BCUT2D eigenvalue weighted by molar-refractivity contribution is 6.60. The molecule has 1 heterocycles. The molecule has 0 fully saturated rings. The Labute approximate surface area is 99.9 Å². The maximum Gasteiger partial charge on any atom is 0.491 e. The molecule has 5 nitrogen and oxygen atoms in total. The lowest BCUT2D eigenvalue weighted by Gasteiger charge is -2.19. The smallest absolute Gasteiger partial charge is 0.423 e. The third kappa shape index (κ3) is 3.05. The number of rotatable bonds is 3. The Kier molecular flexibility index (Phi) is 3.17. The zero-order valence-electron chi connectivity index (χ0n) is 10.2. The van der Waals surface area contributed by atoms with Crippen LogP contribution in [0, 0.1) is 5.41 Å². The summed E-state index contributed by atoms with van der Waals surface area (Å²) >= 11 is 0. The highest BCUT2D eigenvalue weighted by atomic mass is 16.6. The largest absolute Gasteiger partial charge is 0.491 e. The molecule has 0 amide bonds. The Morgan fingerprint density at radius 2 is 2.00 bits per heavy atom. The van der Waals surface area contributed by atoms with Gasteiger partial charge in [0, 0.05) is 6.61 Å². The van der Waals surface area contributed by atoms with Gasteiger partial charge in [0.1, 0.15) is 11.0 Å². The van der Waals surface area contributed by atoms with E-state index in [2.05, 4.69) is 14.9 Å². The van der Waals surface area contributed by atoms with Gasteiger partial charge in [0.15, 0.2) is 0 Å². The molecule has 0 aliphatic heterocycles. The molecule has 0 saturated heterocycles. The highest BCUT2D eigenvalue weighted by Gasteiger charge is 2.21. The van der Waals surface area contributed by atoms with Gasteiger partial charge in [-0.2, -0.15) is 0 Å². The topological polar surface area (TPSA) is 68.4 Å². The Hall–Kier alpha value is -1.40. The van der Waals surface area contributed by atoms with Gasteiger partial charge in [0.05, 0.1) is 0 Å². The fourth-order valence-electron chi connectivity index (χ4n) is 1.38. The van der Waals surface area contributed by atoms with E-state index in [9.17, 15) is 5.02 Å². The number of benzene rings is 1. The fraction of sp³-hybridized carbons (Fsp3) is 0.455. The second-order valence-corrected chi connectivity index (χ2v) is 5.24. The summed E-state index contributed by atoms with van der Waals surface area (Å²) in [6.07, 6.45) is 0. The van der Waals surface area contributed by atoms with Crippen LogP contribution < -0.4 is 5.46 Å². The minimum atomic E-state index is -0.949. The zero-order chi connectivity index (χ0) is 12.5. The van der Waals surface area contributed by atoms with E-state index in [1.807, 2.05) is 20.8 Å². The lowest BCUT2D eigenvalue weighted by Crippen LogP contribution is -2.36. The standard InChI is InChI=1S/C11H15BN2O3/c1-11(2,3)7-16-12(15)8-4-5-9-10(6-8)14-17-13-9/h4-6,15H,7H2,1-3H3. The highest BCUT2D eigenvalue weighted by Crippen LogP contribution is 2.13. The number of hydrogen-bond acceptors (Lipinski definition) is 5. The van der Waals surface area contributed by atoms with Crippen molar-refractivity contribution in [1.29, 1.82) is 0 Å². The Morgan fingerprint density at radius 3 is 2.71 bits per heavy atom. The molecule has 0 radical (unpaired) electrons. The van der Waals surface area contributed by atoms with Crippen molar-refractivity contribution >= 4 is 23.6 Å². The van der Waals surface area contributed by atoms with Gasteiger partial charge in [-0.25, -0.2) is 4.63 Å². The van der Waals surface area contributed by atoms with Crippen LogP contribution in [0.15, 0.2) is 22.8 Å². The van der Waals surface area contributed by atoms with Crippen LogP contribution in [0.25, 0.3) is 11.0 Å². The average molecular weight is 234 g/mol. The predicted octanol–water partition coefficient (Wildman–Crippen LogP) is 0.973. The van der Waals surface area contributed by atoms with Crippen LogP contribution in [0.1, 0.15) is 20.8 Å². The second kappa shape index (κ2) is 4.47. The van der Waals surface area contributed by atoms with Crippen molar-refractivity contribution in [1.82, 2.24) is 10.3 Å². The summed E-state index contributed by atoms with van der Waals surface area (Å²) in [7, 11) is -0.949. The molecule has 0 spiro atoms. The van der Waals surface area contributed by atoms with E-state index in [0.29, 0.717) is 23.1 Å². The molecule has 6 heteroatoms. The first kappa shape index (κ1) is 12.1. The molecule has 0 aliphatic rings. The quantitative estimate of drug-likeness (QED) is 0.801. The molecule has 0 aliphatic carbocycles. The molecular weight excluding hydrogens is 219 g/mol. The molecule has 2 aromatic rings. The van der Waals surface area contributed by atoms with Crippen molar-refractivity contribution in [3.8, 4) is 0 Å². The number of fused-ring (bicyclic) bond motifs is 1. The summed E-state index contributed by atoms with van der Waals surface area (Å²) in [4.78, 5) is 0. The Balaban J connectivity index is 2.10. The predicted molar refractivity (Wildman–Crippen MR) is 64.8 cm³/mol. The number of aromatic nitrogens is 2. The van der Waals surface area contributed by atoms with Crippen LogP contribution in [0.3, 0.4) is 0 Å². The molecule has 0 bridgehead atoms. The maximum absolute atomic E-state index is 9.88. The van der Waals surface area contributed by atoms with Gasteiger partial charge in [-0.3, -0.25) is 0 Å². The van der Waals surface area contributed by atoms with E-state index in [-0.39, 0.29) is 5.41 Å². The molecular formula is C11H15BN2O3. The maximum atomic E-state index is 9.88. The van der Waals surface area contributed by atoms with Gasteiger partial charge >= 0.3 is 7.12 Å². The third-order valence-corrected chi connectivity index (χ3v) is 2.24. The van der Waals surface area contributed by atoms with Crippen molar-refractivity contribution in [2.75, 3.05) is 6.61 Å². The normalized spacial score (nSPS) is 12.0. The van der Waals surface area contributed by atoms with Crippen LogP contribution in [0.2, 0.25) is 0 Å². The molecule has 1 aromatic carbocycles. The van der Waals surface area contributed by atoms with E-state index in [1.54, 1.807) is 18.2 Å². The zero-order valence-corrected chi connectivity index (χ0v) is 10.2. The lowest BCUT2D eigenvalue weighted by molar-refractivity contribution is 0.174. The summed E-state index contributed by atoms with van der Waals surface area (Å²) in [5.74, 6) is 0. The fourth-order valence-corrected chi connectivity index (χ4v) is 1.38. The van der Waals surface area contributed by atoms with Crippen LogP contribution in [-0.4, -0.2) is 29.1 Å². The van der Waals surface area contributed by atoms with Crippen molar-refractivity contribution in [3.05, 3.63) is 18.2 Å². The number of hydrogen-bond donors (Lipinski definition) is 1. The Morgan fingerprint density at radius 1 is 1.29 bits per heavy atom. The molecule has 1 aromatic heterocycles. The molecule has 0 unspecified atom stereocenters. The summed E-state index contributed by atoms with van der Waals surface area (Å²) in [5, 5.41) is 17.3. The first-order valence-corrected chi connectivity index (χ1v) is 5.48. The molecule has 1 N–H and O–H groups in total. The molecule has 0 saturated carbocycles. The van der Waals surface area contributed by atoms with Gasteiger partial charge in [0.25, 0.3) is 0 Å². The van der Waals surface area contributed by atoms with Gasteiger partial charge in [-0.1, -0.05) is 26.8 Å². The van der Waals surface area contributed by atoms with Crippen molar-refractivity contribution in [2.24, 2.45) is 5.41 Å². The summed E-state index contributed by atoms with van der Waals surface area (Å²) in [5.41, 5.74) is 1.94. The van der Waals surface area contributed by atoms with Crippen LogP contribution in [0.5, 0.6) is 0 Å². The summed E-state index contributed by atoms with van der Waals surface area (Å²) < 4.78 is 9.99. The van der Waals surface area contributed by atoms with Crippen molar-refractivity contribution < 1.29 is 14.3 Å². The summed E-state index contributed by atoms with van der Waals surface area (Å²) in [6.45, 7) is 6.61. The van der Waals surface area contributed by atoms with E-state index in [0.717, 1.165) is 0 Å². The average Bonchev–Trinajstić information content (AvgIpc) is 2.71. The van der Waals surface area contributed by atoms with Gasteiger partial charge in [-0.05, 0) is 33.3 Å². The van der Waals surface area contributed by atoms with Crippen LogP contribution >= 0.6 is 0 Å². The molecule has 90 valence electrons. The second-order valence-electron chi connectivity index (χ2n) is 5.24. The number of nitrogens with zero attached hydrogens (tertiary/aromatic N) is 2. The van der Waals surface area contributed by atoms with Crippen LogP contribution in [-0.2, 0) is 4.65 Å². The summed E-state index contributed by atoms with van der Waals surface area (Å²) in [6, 6.07) is 5.20. The molecule has 17 heavy (non-hydrogen) atoms. The minimum Gasteiger partial charge on any atom is -0.423 e. The van der Waals surface area contributed by atoms with E-state index < -0.39 is 7.12 Å². The van der Waals surface area contributed by atoms with E-state index >= 15 is 0 Å². The van der Waals surface area contributed by atoms with Crippen molar-refractivity contribution in [2.45, 2.75) is 20.8 Å². The first-order valence-electron chi connectivity index (χ1n) is 5.48. The first-order chi connectivity index (χ1) is 7.96. The molecule has 2 rings (SSSR count). The van der Waals surface area contributed by atoms with Crippen LogP contribution in [0.4, 0.5) is 0 Å². The minimum absolute atomic E-state index is 0.0144. The Bertz CT molecular complexity index is 507. The van der Waals surface area contributed by atoms with E-state index in [4.69, 9.17) is 4.65 Å². The van der Waals surface area contributed by atoms with Gasteiger partial charge in [0.2, 0.25) is 0 Å². The lowest BCUT2D eigenvalue weighted by atomic mass is 9.79. The third-order valence-electron chi connectivity index (χ3n) is 2.24. The van der Waals surface area contributed by atoms with Crippen molar-refractivity contribution in [3.63, 3.8) is 0 Å². The molecule has 0 atom stereocenters. The SMILES string of the molecule is CC(C)(C)COB(O)c1ccc2nonc2c1. The van der Waals surface area contributed by atoms with E-state index in [1.165, 1.54) is 0 Å². The van der Waals surface area contributed by atoms with Gasteiger partial charge < -0.3 is 9.68 Å². The van der Waals surface area contributed by atoms with Gasteiger partial charge in [-0.15, -0.1) is 0 Å².